The molecule has 100 valence electrons. The van der Waals surface area contributed by atoms with E-state index in [1.807, 2.05) is 0 Å². The number of rotatable bonds is 4. The van der Waals surface area contributed by atoms with Crippen LogP contribution in [0, 0.1) is 0 Å². The molecule has 1 fully saturated rings. The summed E-state index contributed by atoms with van der Waals surface area (Å²) in [5.41, 5.74) is 0. The molecule has 0 aliphatic heterocycles. The second kappa shape index (κ2) is 5.49. The van der Waals surface area contributed by atoms with Gasteiger partial charge in [-0.15, -0.1) is 11.3 Å². The molecule has 0 radical (unpaired) electrons. The van der Waals surface area contributed by atoms with Crippen LogP contribution < -0.4 is 4.90 Å². The van der Waals surface area contributed by atoms with Gasteiger partial charge in [0.15, 0.2) is 0 Å². The van der Waals surface area contributed by atoms with Gasteiger partial charge in [-0.3, -0.25) is 0 Å². The molecule has 0 unspecified atom stereocenters. The van der Waals surface area contributed by atoms with E-state index in [1.165, 1.54) is 17.7 Å². The summed E-state index contributed by atoms with van der Waals surface area (Å²) in [6, 6.07) is 6.34. The van der Waals surface area contributed by atoms with Gasteiger partial charge in [-0.25, -0.2) is 4.98 Å². The van der Waals surface area contributed by atoms with Crippen LogP contribution in [0.25, 0.3) is 0 Å². The highest BCUT2D eigenvalue weighted by atomic mass is 35.5. The van der Waals surface area contributed by atoms with Crippen molar-refractivity contribution >= 4 is 52.0 Å². The number of pyridine rings is 1. The number of thiophene rings is 1. The molecule has 6 heteroatoms. The molecule has 0 spiro atoms. The Morgan fingerprint density at radius 1 is 1.26 bits per heavy atom. The molecule has 1 aliphatic rings. The second-order valence-electron chi connectivity index (χ2n) is 4.50. The van der Waals surface area contributed by atoms with Crippen molar-refractivity contribution in [3.05, 3.63) is 43.7 Å². The maximum absolute atomic E-state index is 6.26. The van der Waals surface area contributed by atoms with Gasteiger partial charge in [-0.1, -0.05) is 40.9 Å². The summed E-state index contributed by atoms with van der Waals surface area (Å²) in [4.78, 5) is 7.85. The first kappa shape index (κ1) is 13.5. The van der Waals surface area contributed by atoms with Crippen LogP contribution in [0.3, 0.4) is 0 Å². The van der Waals surface area contributed by atoms with Crippen LogP contribution in [0.1, 0.15) is 17.7 Å². The van der Waals surface area contributed by atoms with Crippen molar-refractivity contribution in [1.82, 2.24) is 4.98 Å². The minimum atomic E-state index is 0.304. The molecule has 1 saturated carbocycles. The van der Waals surface area contributed by atoms with Gasteiger partial charge < -0.3 is 4.90 Å². The molecular formula is C13H11Cl3N2S. The SMILES string of the molecule is Clc1cc(Cl)c(N(Cc2cccs2)C2CC2)nc1Cl. The third-order valence-corrected chi connectivity index (χ3v) is 4.85. The molecule has 19 heavy (non-hydrogen) atoms. The van der Waals surface area contributed by atoms with Gasteiger partial charge in [0.25, 0.3) is 0 Å². The molecule has 1 aliphatic carbocycles. The lowest BCUT2D eigenvalue weighted by Gasteiger charge is -2.24. The normalized spacial score (nSPS) is 14.7. The van der Waals surface area contributed by atoms with Crippen LogP contribution in [-0.2, 0) is 6.54 Å². The van der Waals surface area contributed by atoms with E-state index in [0.29, 0.717) is 21.2 Å². The third-order valence-electron chi connectivity index (χ3n) is 3.03. The zero-order valence-corrected chi connectivity index (χ0v) is 13.0. The summed E-state index contributed by atoms with van der Waals surface area (Å²) < 4.78 is 0. The number of aromatic nitrogens is 1. The monoisotopic (exact) mass is 332 g/mol. The van der Waals surface area contributed by atoms with Crippen molar-refractivity contribution in [2.45, 2.75) is 25.4 Å². The van der Waals surface area contributed by atoms with Crippen LogP contribution in [0.4, 0.5) is 5.82 Å². The Morgan fingerprint density at radius 2 is 2.05 bits per heavy atom. The van der Waals surface area contributed by atoms with Gasteiger partial charge >= 0.3 is 0 Å². The van der Waals surface area contributed by atoms with Gasteiger partial charge in [-0.05, 0) is 30.4 Å². The molecule has 2 aromatic heterocycles. The van der Waals surface area contributed by atoms with E-state index in [4.69, 9.17) is 34.8 Å². The number of anilines is 1. The fourth-order valence-corrected chi connectivity index (χ4v) is 3.27. The van der Waals surface area contributed by atoms with Gasteiger partial charge in [0, 0.05) is 10.9 Å². The smallest absolute Gasteiger partial charge is 0.150 e. The Morgan fingerprint density at radius 3 is 2.68 bits per heavy atom. The predicted octanol–water partition coefficient (Wildman–Crippen LogP) is 5.27. The lowest BCUT2D eigenvalue weighted by atomic mass is 10.3. The Bertz CT molecular complexity index is 582. The van der Waals surface area contributed by atoms with Gasteiger partial charge in [-0.2, -0.15) is 0 Å². The van der Waals surface area contributed by atoms with Crippen molar-refractivity contribution in [1.29, 1.82) is 0 Å². The molecule has 0 N–H and O–H groups in total. The Labute approximate surface area is 130 Å². The average Bonchev–Trinajstić information content (AvgIpc) is 3.09. The van der Waals surface area contributed by atoms with Crippen molar-refractivity contribution in [3.63, 3.8) is 0 Å². The van der Waals surface area contributed by atoms with Crippen LogP contribution in [0.15, 0.2) is 23.6 Å². The largest absolute Gasteiger partial charge is 0.347 e. The molecule has 0 atom stereocenters. The summed E-state index contributed by atoms with van der Waals surface area (Å²) in [6.07, 6.45) is 2.34. The lowest BCUT2D eigenvalue weighted by molar-refractivity contribution is 0.787. The molecule has 3 rings (SSSR count). The van der Waals surface area contributed by atoms with Gasteiger partial charge in [0.05, 0.1) is 16.6 Å². The zero-order valence-electron chi connectivity index (χ0n) is 9.94. The standard InChI is InChI=1S/C13H11Cl3N2S/c14-10-6-11(15)13(17-12(10)16)18(8-3-4-8)7-9-2-1-5-19-9/h1-2,5-6,8H,3-4,7H2. The highest BCUT2D eigenvalue weighted by Gasteiger charge is 2.31. The molecule has 0 saturated heterocycles. The van der Waals surface area contributed by atoms with Crippen LogP contribution in [0.5, 0.6) is 0 Å². The molecule has 0 bridgehead atoms. The van der Waals surface area contributed by atoms with Crippen molar-refractivity contribution < 1.29 is 0 Å². The summed E-state index contributed by atoms with van der Waals surface area (Å²) in [5.74, 6) is 0.729. The summed E-state index contributed by atoms with van der Waals surface area (Å²) in [7, 11) is 0. The van der Waals surface area contributed by atoms with Crippen LogP contribution in [0.2, 0.25) is 15.2 Å². The van der Waals surface area contributed by atoms with Gasteiger partial charge in [0.1, 0.15) is 11.0 Å². The topological polar surface area (TPSA) is 16.1 Å². The predicted molar refractivity (Wildman–Crippen MR) is 82.8 cm³/mol. The minimum absolute atomic E-state index is 0.304. The maximum Gasteiger partial charge on any atom is 0.150 e. The van der Waals surface area contributed by atoms with E-state index in [9.17, 15) is 0 Å². The zero-order chi connectivity index (χ0) is 13.4. The second-order valence-corrected chi connectivity index (χ2v) is 6.71. The Balaban J connectivity index is 1.94. The number of halogens is 3. The van der Waals surface area contributed by atoms with E-state index in [0.717, 1.165) is 12.4 Å². The van der Waals surface area contributed by atoms with Crippen LogP contribution in [-0.4, -0.2) is 11.0 Å². The van der Waals surface area contributed by atoms with E-state index in [2.05, 4.69) is 27.4 Å². The van der Waals surface area contributed by atoms with Gasteiger partial charge in [0.2, 0.25) is 0 Å². The minimum Gasteiger partial charge on any atom is -0.347 e. The van der Waals surface area contributed by atoms with Crippen molar-refractivity contribution in [3.8, 4) is 0 Å². The Hall–Kier alpha value is -0.480. The third kappa shape index (κ3) is 3.00. The molecule has 0 amide bonds. The van der Waals surface area contributed by atoms with Crippen molar-refractivity contribution in [2.24, 2.45) is 0 Å². The van der Waals surface area contributed by atoms with E-state index >= 15 is 0 Å². The van der Waals surface area contributed by atoms with Crippen molar-refractivity contribution in [2.75, 3.05) is 4.90 Å². The highest BCUT2D eigenvalue weighted by molar-refractivity contribution is 7.09. The Kier molecular flexibility index (Phi) is 3.90. The van der Waals surface area contributed by atoms with Crippen LogP contribution >= 0.6 is 46.1 Å². The molecule has 0 aromatic carbocycles. The maximum atomic E-state index is 6.26. The molecule has 2 nitrogen and oxygen atoms in total. The van der Waals surface area contributed by atoms with E-state index in [-0.39, 0.29) is 0 Å². The fourth-order valence-electron chi connectivity index (χ4n) is 1.97. The summed E-state index contributed by atoms with van der Waals surface area (Å²) in [6.45, 7) is 0.813. The molecular weight excluding hydrogens is 323 g/mol. The number of hydrogen-bond acceptors (Lipinski definition) is 3. The summed E-state index contributed by atoms with van der Waals surface area (Å²) in [5, 5.41) is 3.32. The summed E-state index contributed by atoms with van der Waals surface area (Å²) >= 11 is 19.9. The fraction of sp³-hybridized carbons (Fsp3) is 0.308. The molecule has 2 aromatic rings. The first-order chi connectivity index (χ1) is 9.15. The average molecular weight is 334 g/mol. The van der Waals surface area contributed by atoms with E-state index in [1.54, 1.807) is 17.4 Å². The first-order valence-corrected chi connectivity index (χ1v) is 7.97. The quantitative estimate of drug-likeness (QED) is 0.708. The lowest BCUT2D eigenvalue weighted by Crippen LogP contribution is -2.26. The van der Waals surface area contributed by atoms with E-state index < -0.39 is 0 Å². The molecule has 2 heterocycles. The number of nitrogens with zero attached hydrogens (tertiary/aromatic N) is 2. The first-order valence-electron chi connectivity index (χ1n) is 5.95. The highest BCUT2D eigenvalue weighted by Crippen LogP contribution is 2.38. The number of hydrogen-bond donors (Lipinski definition) is 0.